The highest BCUT2D eigenvalue weighted by atomic mass is 16.5. The Morgan fingerprint density at radius 2 is 2.35 bits per heavy atom. The predicted octanol–water partition coefficient (Wildman–Crippen LogP) is 2.03. The van der Waals surface area contributed by atoms with Gasteiger partial charge in [0.2, 0.25) is 0 Å². The van der Waals surface area contributed by atoms with Crippen LogP contribution in [0.15, 0.2) is 18.2 Å². The molecule has 4 nitrogen and oxygen atoms in total. The lowest BCUT2D eigenvalue weighted by Crippen LogP contribution is -2.29. The van der Waals surface area contributed by atoms with Crippen molar-refractivity contribution in [2.24, 2.45) is 5.41 Å². The van der Waals surface area contributed by atoms with Gasteiger partial charge in [-0.2, -0.15) is 5.26 Å². The van der Waals surface area contributed by atoms with Gasteiger partial charge in [0.05, 0.1) is 18.8 Å². The van der Waals surface area contributed by atoms with Gasteiger partial charge in [0.15, 0.2) is 0 Å². The topological polar surface area (TPSA) is 56.5 Å². The molecule has 2 aliphatic heterocycles. The minimum Gasteiger partial charge on any atom is -0.387 e. The molecule has 0 bridgehead atoms. The third kappa shape index (κ3) is 2.07. The van der Waals surface area contributed by atoms with E-state index in [9.17, 15) is 10.4 Å². The number of nitrogens with zero attached hydrogens (tertiary/aromatic N) is 2. The Bertz CT molecular complexity index is 544. The molecule has 1 fully saturated rings. The van der Waals surface area contributed by atoms with Crippen molar-refractivity contribution in [3.63, 3.8) is 0 Å². The van der Waals surface area contributed by atoms with Crippen LogP contribution < -0.4 is 4.90 Å². The monoisotopic (exact) mass is 272 g/mol. The highest BCUT2D eigenvalue weighted by molar-refractivity contribution is 5.56. The second-order valence-corrected chi connectivity index (χ2v) is 5.89. The molecule has 1 saturated heterocycles. The van der Waals surface area contributed by atoms with E-state index >= 15 is 0 Å². The van der Waals surface area contributed by atoms with Gasteiger partial charge in [-0.05, 0) is 36.5 Å². The average Bonchev–Trinajstić information content (AvgIpc) is 2.96. The number of aryl methyl sites for hydroxylation is 1. The first kappa shape index (κ1) is 13.4. The Morgan fingerprint density at radius 3 is 3.05 bits per heavy atom. The smallest absolute Gasteiger partial charge is 0.113 e. The zero-order valence-electron chi connectivity index (χ0n) is 11.8. The third-order valence-electron chi connectivity index (χ3n) is 4.57. The summed E-state index contributed by atoms with van der Waals surface area (Å²) in [6.07, 6.45) is 2.00. The molecule has 0 saturated carbocycles. The van der Waals surface area contributed by atoms with Crippen molar-refractivity contribution in [1.82, 2.24) is 0 Å². The van der Waals surface area contributed by atoms with Gasteiger partial charge < -0.3 is 14.7 Å². The highest BCUT2D eigenvalue weighted by Gasteiger charge is 2.43. The van der Waals surface area contributed by atoms with Crippen molar-refractivity contribution >= 4 is 5.69 Å². The van der Waals surface area contributed by atoms with Crippen molar-refractivity contribution in [3.8, 4) is 6.07 Å². The number of hydrogen-bond donors (Lipinski definition) is 1. The number of nitriles is 1. The molecule has 4 heteroatoms. The van der Waals surface area contributed by atoms with E-state index in [-0.39, 0.29) is 0 Å². The fourth-order valence-corrected chi connectivity index (χ4v) is 3.24. The molecule has 3 rings (SSSR count). The van der Waals surface area contributed by atoms with Gasteiger partial charge in [-0.1, -0.05) is 12.1 Å². The molecular weight excluding hydrogens is 252 g/mol. The molecule has 0 aliphatic carbocycles. The summed E-state index contributed by atoms with van der Waals surface area (Å²) < 4.78 is 5.33. The molecule has 0 amide bonds. The lowest BCUT2D eigenvalue weighted by Gasteiger charge is -2.30. The Morgan fingerprint density at radius 1 is 1.50 bits per heavy atom. The first-order chi connectivity index (χ1) is 9.66. The first-order valence-corrected chi connectivity index (χ1v) is 7.17. The molecule has 2 heterocycles. The number of hydrogen-bond acceptors (Lipinski definition) is 4. The maximum absolute atomic E-state index is 10.6. The van der Waals surface area contributed by atoms with Crippen LogP contribution in [0.2, 0.25) is 0 Å². The summed E-state index contributed by atoms with van der Waals surface area (Å²) in [6, 6.07) is 8.35. The molecule has 0 spiro atoms. The van der Waals surface area contributed by atoms with Crippen LogP contribution in [0.25, 0.3) is 0 Å². The van der Waals surface area contributed by atoms with E-state index in [0.717, 1.165) is 24.9 Å². The van der Waals surface area contributed by atoms with Gasteiger partial charge in [-0.3, -0.25) is 0 Å². The summed E-state index contributed by atoms with van der Waals surface area (Å²) in [4.78, 5) is 2.24. The molecular formula is C16H20N2O2. The van der Waals surface area contributed by atoms with Crippen LogP contribution in [0.5, 0.6) is 0 Å². The van der Waals surface area contributed by atoms with E-state index in [4.69, 9.17) is 4.74 Å². The van der Waals surface area contributed by atoms with Crippen LogP contribution in [0.3, 0.4) is 0 Å². The number of fused-ring (bicyclic) bond motifs is 1. The predicted molar refractivity (Wildman–Crippen MR) is 76.5 cm³/mol. The Balaban J connectivity index is 1.93. The average molecular weight is 272 g/mol. The Kier molecular flexibility index (Phi) is 3.41. The van der Waals surface area contributed by atoms with Crippen LogP contribution >= 0.6 is 0 Å². The molecule has 1 aromatic rings. The molecule has 1 aromatic carbocycles. The van der Waals surface area contributed by atoms with Gasteiger partial charge in [0.25, 0.3) is 0 Å². The van der Waals surface area contributed by atoms with E-state index in [2.05, 4.69) is 30.1 Å². The normalized spacial score (nSPS) is 26.9. The van der Waals surface area contributed by atoms with E-state index in [1.165, 1.54) is 11.3 Å². The summed E-state index contributed by atoms with van der Waals surface area (Å²) in [7, 11) is 2.09. The molecule has 1 N–H and O–H groups in total. The molecule has 20 heavy (non-hydrogen) atoms. The molecule has 2 atom stereocenters. The van der Waals surface area contributed by atoms with E-state index in [0.29, 0.717) is 19.6 Å². The number of aliphatic hydroxyl groups is 1. The highest BCUT2D eigenvalue weighted by Crippen LogP contribution is 2.41. The van der Waals surface area contributed by atoms with Crippen molar-refractivity contribution in [3.05, 3.63) is 29.3 Å². The quantitative estimate of drug-likeness (QED) is 0.895. The summed E-state index contributed by atoms with van der Waals surface area (Å²) in [5, 5.41) is 20.1. The molecule has 2 aliphatic rings. The van der Waals surface area contributed by atoms with Crippen LogP contribution in [-0.4, -0.2) is 31.9 Å². The van der Waals surface area contributed by atoms with Crippen molar-refractivity contribution < 1.29 is 9.84 Å². The fraction of sp³-hybridized carbons (Fsp3) is 0.562. The second-order valence-electron chi connectivity index (χ2n) is 5.89. The number of rotatable bonds is 2. The SMILES string of the molecule is CN1CCCc2cc(C(O)C3(C#N)CCOC3)ccc21. The zero-order chi connectivity index (χ0) is 14.2. The molecule has 106 valence electrons. The summed E-state index contributed by atoms with van der Waals surface area (Å²) in [5.74, 6) is 0. The lowest BCUT2D eigenvalue weighted by atomic mass is 9.79. The summed E-state index contributed by atoms with van der Waals surface area (Å²) in [5.41, 5.74) is 2.56. The number of anilines is 1. The maximum atomic E-state index is 10.6. The van der Waals surface area contributed by atoms with E-state index in [1.807, 2.05) is 6.07 Å². The first-order valence-electron chi connectivity index (χ1n) is 7.17. The van der Waals surface area contributed by atoms with Crippen LogP contribution in [0, 0.1) is 16.7 Å². The van der Waals surface area contributed by atoms with Gasteiger partial charge >= 0.3 is 0 Å². The Labute approximate surface area is 119 Å². The van der Waals surface area contributed by atoms with Crippen LogP contribution in [0.1, 0.15) is 30.1 Å². The van der Waals surface area contributed by atoms with Crippen molar-refractivity contribution in [1.29, 1.82) is 5.26 Å². The van der Waals surface area contributed by atoms with E-state index < -0.39 is 11.5 Å². The van der Waals surface area contributed by atoms with Crippen LogP contribution in [-0.2, 0) is 11.2 Å². The molecule has 0 radical (unpaired) electrons. The minimum absolute atomic E-state index is 0.321. The van der Waals surface area contributed by atoms with Gasteiger partial charge in [0.1, 0.15) is 5.41 Å². The van der Waals surface area contributed by atoms with E-state index in [1.54, 1.807) is 0 Å². The Hall–Kier alpha value is -1.57. The maximum Gasteiger partial charge on any atom is 0.113 e. The lowest BCUT2D eigenvalue weighted by molar-refractivity contribution is 0.0503. The molecule has 0 aromatic heterocycles. The van der Waals surface area contributed by atoms with Gasteiger partial charge in [-0.25, -0.2) is 0 Å². The molecule has 2 unspecified atom stereocenters. The second kappa shape index (κ2) is 5.08. The number of aliphatic hydroxyl groups excluding tert-OH is 1. The largest absolute Gasteiger partial charge is 0.387 e. The van der Waals surface area contributed by atoms with Crippen molar-refractivity contribution in [2.75, 3.05) is 31.7 Å². The minimum atomic E-state index is -0.783. The standard InChI is InChI=1S/C16H20N2O2/c1-18-7-2-3-12-9-13(4-5-14(12)18)15(19)16(10-17)6-8-20-11-16/h4-5,9,15,19H,2-3,6-8,11H2,1H3. The van der Waals surface area contributed by atoms with Gasteiger partial charge in [0, 0.05) is 25.9 Å². The fourth-order valence-electron chi connectivity index (χ4n) is 3.24. The number of ether oxygens (including phenoxy) is 1. The number of benzene rings is 1. The summed E-state index contributed by atoms with van der Waals surface area (Å²) in [6.45, 7) is 1.95. The third-order valence-corrected chi connectivity index (χ3v) is 4.57. The van der Waals surface area contributed by atoms with Crippen LogP contribution in [0.4, 0.5) is 5.69 Å². The van der Waals surface area contributed by atoms with Gasteiger partial charge in [-0.15, -0.1) is 0 Å². The summed E-state index contributed by atoms with van der Waals surface area (Å²) >= 11 is 0. The zero-order valence-corrected chi connectivity index (χ0v) is 11.8. The van der Waals surface area contributed by atoms with Crippen molar-refractivity contribution in [2.45, 2.75) is 25.4 Å².